The van der Waals surface area contributed by atoms with E-state index in [-0.39, 0.29) is 5.41 Å². The minimum atomic E-state index is -0.177. The van der Waals surface area contributed by atoms with Gasteiger partial charge in [-0.25, -0.2) is 0 Å². The van der Waals surface area contributed by atoms with Crippen molar-refractivity contribution in [1.82, 2.24) is 0 Å². The molecule has 210 valence electrons. The fraction of sp³-hybridized carbons (Fsp3) is 0.209. The molecule has 4 aromatic carbocycles. The normalized spacial score (nSPS) is 19.3. The molecule has 0 bridgehead atoms. The lowest BCUT2D eigenvalue weighted by atomic mass is 9.67. The largest absolute Gasteiger partial charge is 0.0987 e. The molecule has 0 amide bonds. The Bertz CT molecular complexity index is 1800. The molecule has 1 saturated carbocycles. The maximum absolute atomic E-state index is 4.26. The molecule has 43 heavy (non-hydrogen) atoms. The zero-order valence-corrected chi connectivity index (χ0v) is 25.1. The van der Waals surface area contributed by atoms with Crippen molar-refractivity contribution in [3.05, 3.63) is 179 Å². The van der Waals surface area contributed by atoms with Crippen LogP contribution in [-0.2, 0) is 10.8 Å². The molecule has 1 fully saturated rings. The van der Waals surface area contributed by atoms with Gasteiger partial charge in [-0.2, -0.15) is 0 Å². The zero-order chi connectivity index (χ0) is 29.0. The highest BCUT2D eigenvalue weighted by Gasteiger charge is 2.52. The standard InChI is InChI=1S/C26H22.C17H16/c1-3-11-18-19-12-5-8-15-23(19)26(22(18)4-2)24-16-9-6-13-20(24)21-14-7-10-17-25(21)26;1-3-9-15-13(7-1)14-8-2-4-10-16(14)17(15)11-5-6-12-17/h3-7,9-14,16-17H,2,8,15H2,1H3;1-4,7-10H,5-6,11-12H2/b11-3-;. The summed E-state index contributed by atoms with van der Waals surface area (Å²) < 4.78 is 0. The van der Waals surface area contributed by atoms with Gasteiger partial charge in [-0.1, -0.05) is 147 Å². The molecule has 0 atom stereocenters. The monoisotopic (exact) mass is 554 g/mol. The van der Waals surface area contributed by atoms with E-state index in [4.69, 9.17) is 0 Å². The molecule has 2 spiro atoms. The quantitative estimate of drug-likeness (QED) is 0.231. The van der Waals surface area contributed by atoms with Gasteiger partial charge in [0.2, 0.25) is 0 Å². The van der Waals surface area contributed by atoms with Crippen LogP contribution in [0, 0.1) is 0 Å². The molecule has 0 unspecified atom stereocenters. The molecular formula is C43H38. The predicted molar refractivity (Wildman–Crippen MR) is 181 cm³/mol. The van der Waals surface area contributed by atoms with E-state index < -0.39 is 0 Å². The minimum Gasteiger partial charge on any atom is -0.0987 e. The minimum absolute atomic E-state index is 0.177. The predicted octanol–water partition coefficient (Wildman–Crippen LogP) is 11.2. The smallest absolute Gasteiger partial charge is 0.0688 e. The van der Waals surface area contributed by atoms with Crippen LogP contribution in [0.4, 0.5) is 0 Å². The second kappa shape index (κ2) is 10.1. The molecule has 0 heterocycles. The van der Waals surface area contributed by atoms with Crippen molar-refractivity contribution in [3.8, 4) is 22.3 Å². The molecular weight excluding hydrogens is 516 g/mol. The van der Waals surface area contributed by atoms with Crippen LogP contribution in [0.1, 0.15) is 67.7 Å². The number of hydrogen-bond acceptors (Lipinski definition) is 0. The molecule has 9 rings (SSSR count). The first-order chi connectivity index (χ1) is 21.3. The average molecular weight is 555 g/mol. The summed E-state index contributed by atoms with van der Waals surface area (Å²) in [5.74, 6) is 0. The second-order valence-electron chi connectivity index (χ2n) is 12.6. The first-order valence-electron chi connectivity index (χ1n) is 16.0. The van der Waals surface area contributed by atoms with Gasteiger partial charge in [0.15, 0.2) is 0 Å². The first-order valence-corrected chi connectivity index (χ1v) is 16.0. The van der Waals surface area contributed by atoms with E-state index in [0.717, 1.165) is 12.8 Å². The van der Waals surface area contributed by atoms with Crippen LogP contribution in [0.5, 0.6) is 0 Å². The maximum Gasteiger partial charge on any atom is 0.0688 e. The third kappa shape index (κ3) is 3.50. The second-order valence-corrected chi connectivity index (χ2v) is 12.6. The van der Waals surface area contributed by atoms with Crippen LogP contribution < -0.4 is 0 Å². The van der Waals surface area contributed by atoms with Crippen LogP contribution in [-0.4, -0.2) is 0 Å². The summed E-state index contributed by atoms with van der Waals surface area (Å²) >= 11 is 0. The van der Waals surface area contributed by atoms with Crippen molar-refractivity contribution in [1.29, 1.82) is 0 Å². The number of fused-ring (bicyclic) bond motifs is 11. The molecule has 0 aliphatic heterocycles. The summed E-state index contributed by atoms with van der Waals surface area (Å²) in [7, 11) is 0. The molecule has 0 aromatic heterocycles. The van der Waals surface area contributed by atoms with Crippen LogP contribution in [0.15, 0.2) is 156 Å². The van der Waals surface area contributed by atoms with Gasteiger partial charge in [-0.3, -0.25) is 0 Å². The van der Waals surface area contributed by atoms with Crippen LogP contribution in [0.2, 0.25) is 0 Å². The highest BCUT2D eigenvalue weighted by Crippen LogP contribution is 2.63. The van der Waals surface area contributed by atoms with Crippen molar-refractivity contribution < 1.29 is 0 Å². The molecule has 0 radical (unpaired) electrons. The summed E-state index contributed by atoms with van der Waals surface area (Å²) in [6.07, 6.45) is 18.8. The summed E-state index contributed by atoms with van der Waals surface area (Å²) in [5.41, 5.74) is 17.5. The fourth-order valence-electron chi connectivity index (χ4n) is 9.21. The molecule has 5 aliphatic rings. The van der Waals surface area contributed by atoms with E-state index in [9.17, 15) is 0 Å². The Morgan fingerprint density at radius 3 is 1.65 bits per heavy atom. The number of rotatable bonds is 2. The molecule has 4 aromatic rings. The van der Waals surface area contributed by atoms with Gasteiger partial charge in [0.1, 0.15) is 0 Å². The summed E-state index contributed by atoms with van der Waals surface area (Å²) in [6.45, 7) is 6.35. The fourth-order valence-corrected chi connectivity index (χ4v) is 9.21. The number of benzene rings is 4. The van der Waals surface area contributed by atoms with Gasteiger partial charge in [-0.15, -0.1) is 0 Å². The summed E-state index contributed by atoms with van der Waals surface area (Å²) in [6, 6.07) is 35.9. The van der Waals surface area contributed by atoms with Crippen molar-refractivity contribution >= 4 is 0 Å². The molecule has 0 nitrogen and oxygen atoms in total. The Kier molecular flexibility index (Phi) is 6.16. The lowest BCUT2D eigenvalue weighted by Gasteiger charge is -2.34. The Labute approximate surface area is 256 Å². The Morgan fingerprint density at radius 1 is 0.651 bits per heavy atom. The van der Waals surface area contributed by atoms with Gasteiger partial charge in [0, 0.05) is 5.41 Å². The molecule has 0 saturated heterocycles. The highest BCUT2D eigenvalue weighted by molar-refractivity contribution is 5.90. The van der Waals surface area contributed by atoms with Gasteiger partial charge in [0.05, 0.1) is 5.41 Å². The maximum atomic E-state index is 4.26. The van der Waals surface area contributed by atoms with Crippen molar-refractivity contribution in [2.75, 3.05) is 0 Å². The highest BCUT2D eigenvalue weighted by atomic mass is 14.5. The van der Waals surface area contributed by atoms with Gasteiger partial charge in [-0.05, 0) is 99.4 Å². The van der Waals surface area contributed by atoms with E-state index in [1.165, 1.54) is 75.8 Å². The zero-order valence-electron chi connectivity index (χ0n) is 25.1. The first kappa shape index (κ1) is 26.2. The van der Waals surface area contributed by atoms with Crippen LogP contribution >= 0.6 is 0 Å². The third-order valence-electron chi connectivity index (χ3n) is 10.7. The topological polar surface area (TPSA) is 0 Å². The van der Waals surface area contributed by atoms with Gasteiger partial charge < -0.3 is 0 Å². The molecule has 0 heteroatoms. The Balaban J connectivity index is 0.000000141. The lowest BCUT2D eigenvalue weighted by molar-refractivity contribution is 0.550. The van der Waals surface area contributed by atoms with Crippen molar-refractivity contribution in [2.24, 2.45) is 0 Å². The van der Waals surface area contributed by atoms with Gasteiger partial charge in [0.25, 0.3) is 0 Å². The average Bonchev–Trinajstić information content (AvgIpc) is 3.81. The van der Waals surface area contributed by atoms with Crippen LogP contribution in [0.25, 0.3) is 22.3 Å². The molecule has 5 aliphatic carbocycles. The van der Waals surface area contributed by atoms with E-state index in [0.29, 0.717) is 5.41 Å². The van der Waals surface area contributed by atoms with Crippen molar-refractivity contribution in [3.63, 3.8) is 0 Å². The van der Waals surface area contributed by atoms with Crippen LogP contribution in [0.3, 0.4) is 0 Å². The van der Waals surface area contributed by atoms with Gasteiger partial charge >= 0.3 is 0 Å². The number of hydrogen-bond donors (Lipinski definition) is 0. The molecule has 0 N–H and O–H groups in total. The Morgan fingerprint density at radius 2 is 1.14 bits per heavy atom. The van der Waals surface area contributed by atoms with Crippen molar-refractivity contribution in [2.45, 2.75) is 56.3 Å². The van der Waals surface area contributed by atoms with E-state index >= 15 is 0 Å². The lowest BCUT2D eigenvalue weighted by Crippen LogP contribution is -2.28. The summed E-state index contributed by atoms with van der Waals surface area (Å²) in [4.78, 5) is 0. The number of allylic oxidation sites excluding steroid dienone is 9. The third-order valence-corrected chi connectivity index (χ3v) is 10.7. The van der Waals surface area contributed by atoms with E-state index in [1.807, 2.05) is 0 Å². The van der Waals surface area contributed by atoms with E-state index in [1.54, 1.807) is 16.7 Å². The SMILES string of the molecule is C=CC1=C(/C=C\C)C2=C(CCC=C2)C12c1ccccc1-c1ccccc12.c1ccc2c(c1)-c1ccccc1C21CCCC1. The summed E-state index contributed by atoms with van der Waals surface area (Å²) in [5, 5.41) is 0. The van der Waals surface area contributed by atoms with E-state index in [2.05, 4.69) is 141 Å². The Hall–Kier alpha value is -4.42.